The number of carbonyl (C=O) groups excluding carboxylic acids is 2. The van der Waals surface area contributed by atoms with Gasteiger partial charge in [0.05, 0.1) is 0 Å². The van der Waals surface area contributed by atoms with Gasteiger partial charge in [-0.2, -0.15) is 0 Å². The van der Waals surface area contributed by atoms with Gasteiger partial charge in [-0.15, -0.1) is 0 Å². The highest BCUT2D eigenvalue weighted by molar-refractivity contribution is 5.84. The highest BCUT2D eigenvalue weighted by atomic mass is 16.6. The molecule has 2 N–H and O–H groups in total. The van der Waals surface area contributed by atoms with E-state index in [9.17, 15) is 9.59 Å². The van der Waals surface area contributed by atoms with Crippen LogP contribution in [0.25, 0.3) is 0 Å². The number of amides is 2. The smallest absolute Gasteiger partial charge is 0.410 e. The maximum absolute atomic E-state index is 11.8. The Morgan fingerprint density at radius 1 is 1.29 bits per heavy atom. The number of carbonyl (C=O) groups is 2. The zero-order valence-corrected chi connectivity index (χ0v) is 11.6. The number of nitrogens with two attached hydrogens (primary N) is 1. The molecular weight excluding hydrogens is 220 g/mol. The van der Waals surface area contributed by atoms with Crippen LogP contribution in [0.4, 0.5) is 4.79 Å². The van der Waals surface area contributed by atoms with Gasteiger partial charge in [-0.05, 0) is 33.1 Å². The fourth-order valence-corrected chi connectivity index (χ4v) is 1.37. The highest BCUT2D eigenvalue weighted by Crippen LogP contribution is 2.14. The van der Waals surface area contributed by atoms with E-state index < -0.39 is 23.6 Å². The summed E-state index contributed by atoms with van der Waals surface area (Å²) in [6, 6.07) is -0.621. The largest absolute Gasteiger partial charge is 0.444 e. The molecule has 0 radical (unpaired) electrons. The monoisotopic (exact) mass is 244 g/mol. The summed E-state index contributed by atoms with van der Waals surface area (Å²) in [7, 11) is 1.53. The Balaban J connectivity index is 4.67. The van der Waals surface area contributed by atoms with Crippen molar-refractivity contribution in [3.8, 4) is 0 Å². The fourth-order valence-electron chi connectivity index (χ4n) is 1.37. The maximum Gasteiger partial charge on any atom is 0.410 e. The van der Waals surface area contributed by atoms with Crippen LogP contribution in [-0.2, 0) is 9.53 Å². The minimum Gasteiger partial charge on any atom is -0.444 e. The molecule has 0 rings (SSSR count). The minimum atomic E-state index is -0.621. The van der Waals surface area contributed by atoms with Gasteiger partial charge in [-0.3, -0.25) is 9.69 Å². The number of rotatable bonds is 4. The standard InChI is InChI=1S/C12H24N2O3/c1-8(2)7-9(10(13)15)14(6)11(16)17-12(3,4)5/h8-9H,7H2,1-6H3,(H2,13,15)/t9-/m0/s1. The number of nitrogens with zero attached hydrogens (tertiary/aromatic N) is 1. The van der Waals surface area contributed by atoms with Crippen LogP contribution >= 0.6 is 0 Å². The van der Waals surface area contributed by atoms with Gasteiger partial charge in [0.2, 0.25) is 5.91 Å². The molecule has 0 aliphatic heterocycles. The van der Waals surface area contributed by atoms with Crippen LogP contribution in [0.2, 0.25) is 0 Å². The minimum absolute atomic E-state index is 0.275. The molecule has 0 bridgehead atoms. The second-order valence-corrected chi connectivity index (χ2v) is 5.64. The average Bonchev–Trinajstić information content (AvgIpc) is 2.09. The first kappa shape index (κ1) is 15.7. The zero-order chi connectivity index (χ0) is 13.8. The molecule has 5 nitrogen and oxygen atoms in total. The highest BCUT2D eigenvalue weighted by Gasteiger charge is 2.29. The molecule has 0 unspecified atom stereocenters. The molecule has 0 aromatic rings. The van der Waals surface area contributed by atoms with E-state index in [2.05, 4.69) is 0 Å². The van der Waals surface area contributed by atoms with Crippen LogP contribution in [0.5, 0.6) is 0 Å². The van der Waals surface area contributed by atoms with Gasteiger partial charge in [-0.1, -0.05) is 13.8 Å². The Kier molecular flexibility index (Phi) is 5.45. The molecule has 0 saturated carbocycles. The van der Waals surface area contributed by atoms with E-state index in [1.165, 1.54) is 11.9 Å². The lowest BCUT2D eigenvalue weighted by molar-refractivity contribution is -0.123. The average molecular weight is 244 g/mol. The maximum atomic E-state index is 11.8. The van der Waals surface area contributed by atoms with E-state index >= 15 is 0 Å². The third-order valence-corrected chi connectivity index (χ3v) is 2.17. The van der Waals surface area contributed by atoms with Crippen molar-refractivity contribution >= 4 is 12.0 Å². The van der Waals surface area contributed by atoms with Crippen LogP contribution in [-0.4, -0.2) is 35.6 Å². The van der Waals surface area contributed by atoms with Crippen LogP contribution in [0.3, 0.4) is 0 Å². The predicted molar refractivity (Wildman–Crippen MR) is 66.4 cm³/mol. The molecule has 17 heavy (non-hydrogen) atoms. The molecule has 2 amide bonds. The van der Waals surface area contributed by atoms with Crippen LogP contribution < -0.4 is 5.73 Å². The number of primary amides is 1. The van der Waals surface area contributed by atoms with E-state index in [4.69, 9.17) is 10.5 Å². The molecule has 1 atom stereocenters. The van der Waals surface area contributed by atoms with Crippen molar-refractivity contribution in [3.05, 3.63) is 0 Å². The molecule has 0 aliphatic rings. The van der Waals surface area contributed by atoms with E-state index in [0.29, 0.717) is 6.42 Å². The van der Waals surface area contributed by atoms with Gasteiger partial charge in [0.1, 0.15) is 11.6 Å². The summed E-state index contributed by atoms with van der Waals surface area (Å²) in [5.41, 5.74) is 4.72. The molecule has 0 aliphatic carbocycles. The summed E-state index contributed by atoms with van der Waals surface area (Å²) >= 11 is 0. The Morgan fingerprint density at radius 3 is 2.06 bits per heavy atom. The lowest BCUT2D eigenvalue weighted by atomic mass is 10.0. The van der Waals surface area contributed by atoms with Gasteiger partial charge in [-0.25, -0.2) is 4.79 Å². The van der Waals surface area contributed by atoms with Crippen LogP contribution in [0.15, 0.2) is 0 Å². The van der Waals surface area contributed by atoms with Crippen LogP contribution in [0.1, 0.15) is 41.0 Å². The van der Waals surface area contributed by atoms with Gasteiger partial charge in [0.15, 0.2) is 0 Å². The quantitative estimate of drug-likeness (QED) is 0.818. The number of likely N-dealkylation sites (N-methyl/N-ethyl adjacent to an activating group) is 1. The van der Waals surface area contributed by atoms with Gasteiger partial charge in [0.25, 0.3) is 0 Å². The van der Waals surface area contributed by atoms with E-state index in [1.807, 2.05) is 13.8 Å². The molecule has 100 valence electrons. The van der Waals surface area contributed by atoms with E-state index in [-0.39, 0.29) is 5.92 Å². The number of ether oxygens (including phenoxy) is 1. The first-order valence-corrected chi connectivity index (χ1v) is 5.79. The SMILES string of the molecule is CC(C)C[C@@H](C(N)=O)N(C)C(=O)OC(C)(C)C. The first-order chi connectivity index (χ1) is 7.54. The fraction of sp³-hybridized carbons (Fsp3) is 0.833. The van der Waals surface area contributed by atoms with E-state index in [0.717, 1.165) is 0 Å². The van der Waals surface area contributed by atoms with Crippen molar-refractivity contribution < 1.29 is 14.3 Å². The third kappa shape index (κ3) is 6.14. The molecular formula is C12H24N2O3. The van der Waals surface area contributed by atoms with Gasteiger partial charge >= 0.3 is 6.09 Å². The second-order valence-electron chi connectivity index (χ2n) is 5.64. The molecule has 0 saturated heterocycles. The Labute approximate surface area is 103 Å². The molecule has 0 fully saturated rings. The third-order valence-electron chi connectivity index (χ3n) is 2.17. The summed E-state index contributed by atoms with van der Waals surface area (Å²) in [5.74, 6) is -0.232. The van der Waals surface area contributed by atoms with E-state index in [1.54, 1.807) is 20.8 Å². The second kappa shape index (κ2) is 5.89. The number of hydrogen-bond donors (Lipinski definition) is 1. The first-order valence-electron chi connectivity index (χ1n) is 5.79. The van der Waals surface area contributed by atoms with Crippen molar-refractivity contribution in [2.24, 2.45) is 11.7 Å². The van der Waals surface area contributed by atoms with Crippen LogP contribution in [0, 0.1) is 5.92 Å². The molecule has 0 aromatic carbocycles. The summed E-state index contributed by atoms with van der Waals surface area (Å²) in [4.78, 5) is 24.4. The molecule has 0 aromatic heterocycles. The predicted octanol–water partition coefficient (Wildman–Crippen LogP) is 1.75. The number of hydrogen-bond acceptors (Lipinski definition) is 3. The lowest BCUT2D eigenvalue weighted by Crippen LogP contribution is -2.48. The van der Waals surface area contributed by atoms with Crippen molar-refractivity contribution in [2.45, 2.75) is 52.7 Å². The lowest BCUT2D eigenvalue weighted by Gasteiger charge is -2.29. The normalized spacial score (nSPS) is 13.4. The Hall–Kier alpha value is -1.26. The Morgan fingerprint density at radius 2 is 1.76 bits per heavy atom. The van der Waals surface area contributed by atoms with Crippen molar-refractivity contribution in [1.82, 2.24) is 4.90 Å². The van der Waals surface area contributed by atoms with Gasteiger partial charge in [0, 0.05) is 7.05 Å². The van der Waals surface area contributed by atoms with Crippen molar-refractivity contribution in [2.75, 3.05) is 7.05 Å². The van der Waals surface area contributed by atoms with Crippen molar-refractivity contribution in [3.63, 3.8) is 0 Å². The molecule has 0 spiro atoms. The molecule has 5 heteroatoms. The zero-order valence-electron chi connectivity index (χ0n) is 11.6. The molecule has 0 heterocycles. The summed E-state index contributed by atoms with van der Waals surface area (Å²) in [6.45, 7) is 9.28. The van der Waals surface area contributed by atoms with Crippen molar-refractivity contribution in [1.29, 1.82) is 0 Å². The summed E-state index contributed by atoms with van der Waals surface area (Å²) in [6.07, 6.45) is 0.00684. The Bertz CT molecular complexity index is 282. The topological polar surface area (TPSA) is 72.6 Å². The summed E-state index contributed by atoms with van der Waals surface area (Å²) in [5, 5.41) is 0. The summed E-state index contributed by atoms with van der Waals surface area (Å²) < 4.78 is 5.19. The van der Waals surface area contributed by atoms with Gasteiger partial charge < -0.3 is 10.5 Å².